The van der Waals surface area contributed by atoms with Crippen LogP contribution in [0.2, 0.25) is 0 Å². The van der Waals surface area contributed by atoms with Crippen LogP contribution in [0, 0.1) is 0 Å². The van der Waals surface area contributed by atoms with Gasteiger partial charge in [0.05, 0.1) is 5.69 Å². The number of aryl methyl sites for hydroxylation is 1. The first-order valence-electron chi connectivity index (χ1n) is 6.81. The molecule has 2 rings (SSSR count). The Morgan fingerprint density at radius 1 is 1.45 bits per heavy atom. The molecule has 0 N–H and O–H groups in total. The summed E-state index contributed by atoms with van der Waals surface area (Å²) in [5.74, 6) is 0. The summed E-state index contributed by atoms with van der Waals surface area (Å²) in [6, 6.07) is 0.137. The fourth-order valence-corrected chi connectivity index (χ4v) is 2.85. The Balaban J connectivity index is 2.04. The number of hydrogen-bond donors (Lipinski definition) is 0. The van der Waals surface area contributed by atoms with E-state index in [-0.39, 0.29) is 12.1 Å². The van der Waals surface area contributed by atoms with E-state index in [2.05, 4.69) is 26.1 Å². The number of nitrogens with zero attached hydrogens (tertiary/aromatic N) is 4. The van der Waals surface area contributed by atoms with Gasteiger partial charge in [-0.3, -0.25) is 0 Å². The van der Waals surface area contributed by atoms with Crippen molar-refractivity contribution in [1.82, 2.24) is 19.9 Å². The molecule has 1 aromatic heterocycles. The van der Waals surface area contributed by atoms with Crippen molar-refractivity contribution < 1.29 is 9.53 Å². The lowest BCUT2D eigenvalue weighted by molar-refractivity contribution is 0.0226. The lowest BCUT2D eigenvalue weighted by Crippen LogP contribution is -2.40. The summed E-state index contributed by atoms with van der Waals surface area (Å²) >= 11 is 3.40. The second kappa shape index (κ2) is 5.71. The number of ether oxygens (including phenoxy) is 1. The zero-order valence-electron chi connectivity index (χ0n) is 12.4. The van der Waals surface area contributed by atoms with Gasteiger partial charge in [0.15, 0.2) is 4.60 Å². The highest BCUT2D eigenvalue weighted by atomic mass is 79.9. The Kier molecular flexibility index (Phi) is 4.36. The molecule has 0 bridgehead atoms. The summed E-state index contributed by atoms with van der Waals surface area (Å²) in [4.78, 5) is 15.5. The van der Waals surface area contributed by atoms with Crippen LogP contribution in [0.5, 0.6) is 0 Å². The average molecular weight is 345 g/mol. The number of carbonyl (C=O) groups excluding carboxylic acids is 1. The van der Waals surface area contributed by atoms with E-state index >= 15 is 0 Å². The molecule has 20 heavy (non-hydrogen) atoms. The molecule has 2 heterocycles. The molecule has 0 spiro atoms. The van der Waals surface area contributed by atoms with Crippen molar-refractivity contribution >= 4 is 22.0 Å². The molecule has 1 aliphatic rings. The van der Waals surface area contributed by atoms with Crippen molar-refractivity contribution in [3.63, 3.8) is 0 Å². The summed E-state index contributed by atoms with van der Waals surface area (Å²) in [6.07, 6.45) is 2.44. The van der Waals surface area contributed by atoms with Crippen LogP contribution < -0.4 is 0 Å². The quantitative estimate of drug-likeness (QED) is 0.826. The number of hydrogen-bond acceptors (Lipinski definition) is 4. The van der Waals surface area contributed by atoms with Crippen molar-refractivity contribution in [2.75, 3.05) is 6.54 Å². The van der Waals surface area contributed by atoms with Crippen LogP contribution in [0.1, 0.15) is 39.3 Å². The van der Waals surface area contributed by atoms with E-state index in [9.17, 15) is 4.79 Å². The maximum atomic E-state index is 12.2. The molecule has 0 radical (unpaired) electrons. The second-order valence-corrected chi connectivity index (χ2v) is 6.85. The monoisotopic (exact) mass is 344 g/mol. The molecule has 6 nitrogen and oxygen atoms in total. The predicted octanol–water partition coefficient (Wildman–Crippen LogP) is 2.52. The third kappa shape index (κ3) is 3.71. The van der Waals surface area contributed by atoms with Crippen LogP contribution in [0.3, 0.4) is 0 Å². The Morgan fingerprint density at radius 2 is 2.15 bits per heavy atom. The van der Waals surface area contributed by atoms with Crippen LogP contribution in [0.4, 0.5) is 4.79 Å². The van der Waals surface area contributed by atoms with E-state index in [4.69, 9.17) is 4.74 Å². The molecule has 1 amide bonds. The minimum absolute atomic E-state index is 0.137. The van der Waals surface area contributed by atoms with E-state index in [1.54, 1.807) is 7.05 Å². The topological polar surface area (TPSA) is 60.2 Å². The molecular formula is C13H21BrN4O2. The van der Waals surface area contributed by atoms with Gasteiger partial charge in [0, 0.05) is 26.1 Å². The van der Waals surface area contributed by atoms with Gasteiger partial charge in [0.2, 0.25) is 0 Å². The zero-order valence-corrected chi connectivity index (χ0v) is 14.0. The third-order valence-corrected chi connectivity index (χ3v) is 3.79. The van der Waals surface area contributed by atoms with E-state index in [1.807, 2.05) is 25.7 Å². The first kappa shape index (κ1) is 15.3. The molecule has 7 heteroatoms. The molecule has 1 aromatic rings. The normalized spacial score (nSPS) is 19.4. The van der Waals surface area contributed by atoms with Crippen LogP contribution in [-0.4, -0.2) is 44.2 Å². The standard InChI is InChI=1S/C13H21BrN4O2/c1-13(2,3)20-12(19)18-7-5-6-9(18)8-10-11(14)16-17(4)15-10/h9H,5-8H2,1-4H3. The molecule has 1 fully saturated rings. The fraction of sp³-hybridized carbons (Fsp3) is 0.769. The molecule has 1 saturated heterocycles. The van der Waals surface area contributed by atoms with Crippen molar-refractivity contribution in [2.24, 2.45) is 7.05 Å². The average Bonchev–Trinajstić information content (AvgIpc) is 2.84. The summed E-state index contributed by atoms with van der Waals surface area (Å²) in [5.41, 5.74) is 0.421. The number of amides is 1. The molecule has 1 unspecified atom stereocenters. The Morgan fingerprint density at radius 3 is 2.70 bits per heavy atom. The van der Waals surface area contributed by atoms with Gasteiger partial charge in [-0.2, -0.15) is 9.90 Å². The van der Waals surface area contributed by atoms with Gasteiger partial charge in [-0.25, -0.2) is 4.79 Å². The Bertz CT molecular complexity index is 495. The molecule has 0 saturated carbocycles. The highest BCUT2D eigenvalue weighted by Crippen LogP contribution is 2.25. The van der Waals surface area contributed by atoms with Crippen LogP contribution in [0.15, 0.2) is 4.60 Å². The number of halogens is 1. The number of carbonyl (C=O) groups is 1. The van der Waals surface area contributed by atoms with E-state index < -0.39 is 5.60 Å². The number of rotatable bonds is 2. The van der Waals surface area contributed by atoms with Crippen molar-refractivity contribution in [1.29, 1.82) is 0 Å². The lowest BCUT2D eigenvalue weighted by atomic mass is 10.1. The zero-order chi connectivity index (χ0) is 14.9. The summed E-state index contributed by atoms with van der Waals surface area (Å²) in [6.45, 7) is 6.40. The number of aromatic nitrogens is 3. The molecular weight excluding hydrogens is 324 g/mol. The first-order chi connectivity index (χ1) is 9.26. The van der Waals surface area contributed by atoms with Gasteiger partial charge in [-0.15, -0.1) is 5.10 Å². The lowest BCUT2D eigenvalue weighted by Gasteiger charge is -2.28. The smallest absolute Gasteiger partial charge is 0.410 e. The minimum atomic E-state index is -0.461. The third-order valence-electron chi connectivity index (χ3n) is 3.17. The summed E-state index contributed by atoms with van der Waals surface area (Å²) in [5, 5.41) is 8.49. The van der Waals surface area contributed by atoms with Crippen LogP contribution in [0.25, 0.3) is 0 Å². The Hall–Kier alpha value is -1.11. The molecule has 0 aliphatic carbocycles. The van der Waals surface area contributed by atoms with E-state index in [1.165, 1.54) is 4.80 Å². The first-order valence-corrected chi connectivity index (χ1v) is 7.61. The van der Waals surface area contributed by atoms with Gasteiger partial charge in [-0.05, 0) is 49.5 Å². The minimum Gasteiger partial charge on any atom is -0.444 e. The van der Waals surface area contributed by atoms with Crippen molar-refractivity contribution in [2.45, 2.75) is 51.7 Å². The number of likely N-dealkylation sites (tertiary alicyclic amines) is 1. The van der Waals surface area contributed by atoms with Gasteiger partial charge in [0.1, 0.15) is 5.60 Å². The summed E-state index contributed by atoms with van der Waals surface area (Å²) in [7, 11) is 1.79. The Labute approximate surface area is 127 Å². The second-order valence-electron chi connectivity index (χ2n) is 6.10. The van der Waals surface area contributed by atoms with Gasteiger partial charge in [0.25, 0.3) is 0 Å². The van der Waals surface area contributed by atoms with Gasteiger partial charge < -0.3 is 9.64 Å². The van der Waals surface area contributed by atoms with Crippen molar-refractivity contribution in [3.05, 3.63) is 10.3 Å². The SMILES string of the molecule is Cn1nc(Br)c(CC2CCCN2C(=O)OC(C)(C)C)n1. The molecule has 1 atom stereocenters. The van der Waals surface area contributed by atoms with Crippen LogP contribution >= 0.6 is 15.9 Å². The maximum absolute atomic E-state index is 12.2. The maximum Gasteiger partial charge on any atom is 0.410 e. The van der Waals surface area contributed by atoms with Crippen molar-refractivity contribution in [3.8, 4) is 0 Å². The molecule has 112 valence electrons. The van der Waals surface area contributed by atoms with Crippen LogP contribution in [-0.2, 0) is 18.2 Å². The molecule has 0 aromatic carbocycles. The van der Waals surface area contributed by atoms with E-state index in [0.717, 1.165) is 29.7 Å². The fourth-order valence-electron chi connectivity index (χ4n) is 2.38. The van der Waals surface area contributed by atoms with Gasteiger partial charge >= 0.3 is 6.09 Å². The molecule has 1 aliphatic heterocycles. The van der Waals surface area contributed by atoms with Gasteiger partial charge in [-0.1, -0.05) is 0 Å². The summed E-state index contributed by atoms with van der Waals surface area (Å²) < 4.78 is 6.21. The largest absolute Gasteiger partial charge is 0.444 e. The predicted molar refractivity (Wildman–Crippen MR) is 78.4 cm³/mol. The van der Waals surface area contributed by atoms with E-state index in [0.29, 0.717) is 6.42 Å². The highest BCUT2D eigenvalue weighted by molar-refractivity contribution is 9.10. The highest BCUT2D eigenvalue weighted by Gasteiger charge is 2.33.